The van der Waals surface area contributed by atoms with Crippen LogP contribution in [0.5, 0.6) is 0 Å². The number of carbonyl (C=O) groups is 3. The zero-order valence-corrected chi connectivity index (χ0v) is 40.8. The minimum atomic E-state index is -4.52. The average Bonchev–Trinajstić information content (AvgIpc) is 3.92. The van der Waals surface area contributed by atoms with Crippen LogP contribution in [-0.4, -0.2) is 166 Å². The number of alkyl halides is 3. The molecular formula is C50H74F3N7O10. The van der Waals surface area contributed by atoms with Gasteiger partial charge in [0, 0.05) is 95.5 Å². The van der Waals surface area contributed by atoms with Gasteiger partial charge in [-0.1, -0.05) is 6.07 Å². The molecule has 0 bridgehead atoms. The lowest BCUT2D eigenvalue weighted by molar-refractivity contribution is -0.143. The first-order valence-corrected chi connectivity index (χ1v) is 25.3. The van der Waals surface area contributed by atoms with E-state index in [0.717, 1.165) is 56.4 Å². The molecule has 1 unspecified atom stereocenters. The Morgan fingerprint density at radius 2 is 1.71 bits per heavy atom. The minimum absolute atomic E-state index is 0.0544. The zero-order valence-electron chi connectivity index (χ0n) is 40.8. The third-order valence-corrected chi connectivity index (χ3v) is 14.8. The first kappa shape index (κ1) is 53.9. The maximum Gasteiger partial charge on any atom is 0.417 e. The van der Waals surface area contributed by atoms with Gasteiger partial charge in [0.1, 0.15) is 6.23 Å². The fraction of sp³-hybridized carbons (Fsp3) is 0.740. The molecule has 3 aliphatic heterocycles. The van der Waals surface area contributed by atoms with Crippen LogP contribution in [0, 0.1) is 11.3 Å². The summed E-state index contributed by atoms with van der Waals surface area (Å²) in [4.78, 5) is 52.1. The molecule has 2 aliphatic carbocycles. The number of halogens is 3. The summed E-state index contributed by atoms with van der Waals surface area (Å²) in [5, 5.41) is 20.1. The summed E-state index contributed by atoms with van der Waals surface area (Å²) in [6.45, 7) is 4.66. The van der Waals surface area contributed by atoms with Crippen LogP contribution in [0.2, 0.25) is 0 Å². The highest BCUT2D eigenvalue weighted by Gasteiger charge is 2.48. The van der Waals surface area contributed by atoms with Crippen LogP contribution < -0.4 is 16.0 Å². The van der Waals surface area contributed by atoms with Gasteiger partial charge in [0.2, 0.25) is 17.7 Å². The van der Waals surface area contributed by atoms with Gasteiger partial charge in [-0.2, -0.15) is 13.2 Å². The molecule has 0 spiro atoms. The van der Waals surface area contributed by atoms with Gasteiger partial charge in [0.25, 0.3) is 0 Å². The van der Waals surface area contributed by atoms with Crippen molar-refractivity contribution in [3.8, 4) is 0 Å². The second-order valence-corrected chi connectivity index (χ2v) is 19.5. The normalized spacial score (nSPS) is 28.4. The topological polar surface area (TPSA) is 195 Å². The zero-order chi connectivity index (χ0) is 49.5. The molecule has 5 aliphatic rings. The predicted octanol–water partition coefficient (Wildman–Crippen LogP) is 4.10. The molecular weight excluding hydrogens is 916 g/mol. The summed E-state index contributed by atoms with van der Waals surface area (Å²) in [5.41, 5.74) is 0.391. The van der Waals surface area contributed by atoms with Gasteiger partial charge in [-0.05, 0) is 94.5 Å². The van der Waals surface area contributed by atoms with Gasteiger partial charge < -0.3 is 54.4 Å². The predicted molar refractivity (Wildman–Crippen MR) is 250 cm³/mol. The van der Waals surface area contributed by atoms with E-state index in [4.69, 9.17) is 28.4 Å². The van der Waals surface area contributed by atoms with Gasteiger partial charge in [-0.3, -0.25) is 29.3 Å². The van der Waals surface area contributed by atoms with E-state index in [1.54, 1.807) is 24.4 Å². The van der Waals surface area contributed by atoms with Crippen molar-refractivity contribution in [2.24, 2.45) is 11.3 Å². The van der Waals surface area contributed by atoms with Crippen LogP contribution in [0.15, 0.2) is 36.8 Å². The smallest absolute Gasteiger partial charge is 0.379 e. The Morgan fingerprint density at radius 1 is 0.957 bits per heavy atom. The van der Waals surface area contributed by atoms with Crippen LogP contribution in [0.1, 0.15) is 105 Å². The summed E-state index contributed by atoms with van der Waals surface area (Å²) in [6, 6.07) is 4.80. The first-order valence-electron chi connectivity index (χ1n) is 25.3. The standard InChI is InChI=1S/C50H74F3N7O10/c1-59-45(62)28-40(46(59)34-5-3-16-54-30-34)47(63)56-18-22-69-38-6-8-39(9-7-38)70-26-25-67-24-23-66-21-13-44(61)55-17-4-14-49(15-10-37(29-49)58-42-12-20-68-33-43(42)65-2)48(64)60-19-11-41-35(32-60)27-36(31-57-41)50(51,52)53/h3,5,16,27,30-31,37-40,42-43,45-46,58,62H,4,6-15,17-26,28-29,32-33H2,1-2H3,(H,55,61)(H,56,63)/t37-,38?,39?,40+,42+,43-,45?,46-,49+/m1/s1. The molecule has 2 aromatic heterocycles. The number of pyridine rings is 2. The molecule has 4 fully saturated rings. The van der Waals surface area contributed by atoms with Gasteiger partial charge in [-0.15, -0.1) is 0 Å². The molecule has 7 atom stereocenters. The van der Waals surface area contributed by atoms with Crippen molar-refractivity contribution in [1.82, 2.24) is 35.7 Å². The Morgan fingerprint density at radius 3 is 2.46 bits per heavy atom. The fourth-order valence-electron chi connectivity index (χ4n) is 11.0. The maximum atomic E-state index is 14.5. The van der Waals surface area contributed by atoms with Crippen molar-refractivity contribution in [3.63, 3.8) is 0 Å². The van der Waals surface area contributed by atoms with E-state index in [9.17, 15) is 32.7 Å². The summed E-state index contributed by atoms with van der Waals surface area (Å²) < 4.78 is 75.4. The van der Waals surface area contributed by atoms with Gasteiger partial charge >= 0.3 is 6.18 Å². The number of carbonyl (C=O) groups excluding carboxylic acids is 3. The molecule has 70 heavy (non-hydrogen) atoms. The number of rotatable bonds is 24. The van der Waals surface area contributed by atoms with E-state index >= 15 is 0 Å². The number of fused-ring (bicyclic) bond motifs is 1. The van der Waals surface area contributed by atoms with Gasteiger partial charge in [0.15, 0.2) is 0 Å². The molecule has 7 rings (SSSR count). The quantitative estimate of drug-likeness (QED) is 0.110. The van der Waals surface area contributed by atoms with Gasteiger partial charge in [0.05, 0.1) is 87.5 Å². The van der Waals surface area contributed by atoms with Crippen LogP contribution in [0.4, 0.5) is 13.2 Å². The molecule has 0 aromatic carbocycles. The summed E-state index contributed by atoms with van der Waals surface area (Å²) >= 11 is 0. The van der Waals surface area contributed by atoms with Crippen LogP contribution in [0.25, 0.3) is 0 Å². The number of hydrogen-bond acceptors (Lipinski definition) is 14. The van der Waals surface area contributed by atoms with E-state index in [0.29, 0.717) is 116 Å². The number of likely N-dealkylation sites (tertiary alicyclic amines) is 1. The lowest BCUT2D eigenvalue weighted by Crippen LogP contribution is -2.51. The average molecular weight is 990 g/mol. The van der Waals surface area contributed by atoms with E-state index in [-0.39, 0.29) is 79.6 Å². The number of hydrogen-bond donors (Lipinski definition) is 4. The molecule has 0 radical (unpaired) electrons. The van der Waals surface area contributed by atoms with Crippen molar-refractivity contribution in [2.75, 3.05) is 86.6 Å². The van der Waals surface area contributed by atoms with Crippen LogP contribution >= 0.6 is 0 Å². The lowest BCUT2D eigenvalue weighted by atomic mass is 9.79. The highest BCUT2D eigenvalue weighted by molar-refractivity contribution is 5.83. The molecule has 3 amide bonds. The highest BCUT2D eigenvalue weighted by Crippen LogP contribution is 2.45. The van der Waals surface area contributed by atoms with Crippen molar-refractivity contribution in [1.29, 1.82) is 0 Å². The third kappa shape index (κ3) is 14.9. The summed E-state index contributed by atoms with van der Waals surface area (Å²) in [6.07, 6.45) is 7.60. The Balaban J connectivity index is 0.728. The SMILES string of the molecule is CO[C@@H]1COCC[C@@H]1N[C@@H]1CC[C@](CCCNC(=O)CCOCCOCCOC2CCC(OCCNC(=O)[C@H]3CC(O)N(C)[C@@H]3c3cccnc3)CC2)(C(=O)N2CCc3ncc(C(F)(F)F)cc3C2)C1. The minimum Gasteiger partial charge on any atom is -0.379 e. The molecule has 390 valence electrons. The number of nitrogens with one attached hydrogen (secondary N) is 3. The fourth-order valence-corrected chi connectivity index (χ4v) is 11.0. The van der Waals surface area contributed by atoms with Gasteiger partial charge in [-0.25, -0.2) is 0 Å². The maximum absolute atomic E-state index is 14.5. The molecule has 2 aromatic rings. The number of aliphatic hydroxyl groups is 1. The molecule has 2 saturated heterocycles. The monoisotopic (exact) mass is 990 g/mol. The van der Waals surface area contributed by atoms with E-state index < -0.39 is 23.4 Å². The van der Waals surface area contributed by atoms with Crippen molar-refractivity contribution >= 4 is 17.7 Å². The summed E-state index contributed by atoms with van der Waals surface area (Å²) in [7, 11) is 3.49. The number of aromatic nitrogens is 2. The van der Waals surface area contributed by atoms with E-state index in [1.807, 2.05) is 24.1 Å². The van der Waals surface area contributed by atoms with Crippen LogP contribution in [-0.2, 0) is 61.9 Å². The molecule has 5 heterocycles. The van der Waals surface area contributed by atoms with Crippen LogP contribution in [0.3, 0.4) is 0 Å². The Labute approximate surface area is 409 Å². The second-order valence-electron chi connectivity index (χ2n) is 19.5. The Kier molecular flexibility index (Phi) is 20.2. The number of amides is 3. The first-order chi connectivity index (χ1) is 33.8. The van der Waals surface area contributed by atoms with Crippen molar-refractivity contribution in [2.45, 2.75) is 139 Å². The number of nitrogens with zero attached hydrogens (tertiary/aromatic N) is 4. The second kappa shape index (κ2) is 26.2. The number of methoxy groups -OCH3 is 1. The Hall–Kier alpha value is -3.86. The van der Waals surface area contributed by atoms with Crippen molar-refractivity contribution in [3.05, 3.63) is 59.2 Å². The number of ether oxygens (including phenoxy) is 6. The molecule has 4 N–H and O–H groups in total. The molecule has 17 nitrogen and oxygen atoms in total. The highest BCUT2D eigenvalue weighted by atomic mass is 19.4. The lowest BCUT2D eigenvalue weighted by Gasteiger charge is -2.38. The molecule has 2 saturated carbocycles. The number of aliphatic hydroxyl groups excluding tert-OH is 1. The molecule has 20 heteroatoms. The van der Waals surface area contributed by atoms with E-state index in [2.05, 4.69) is 25.9 Å². The largest absolute Gasteiger partial charge is 0.417 e. The summed E-state index contributed by atoms with van der Waals surface area (Å²) in [5.74, 6) is -0.677. The third-order valence-electron chi connectivity index (χ3n) is 14.8. The van der Waals surface area contributed by atoms with E-state index in [1.165, 1.54) is 0 Å². The Bertz CT molecular complexity index is 1970. The van der Waals surface area contributed by atoms with Crippen molar-refractivity contribution < 1.29 is 61.1 Å².